The fourth-order valence-corrected chi connectivity index (χ4v) is 1.80. The first-order chi connectivity index (χ1) is 9.70. The summed E-state index contributed by atoms with van der Waals surface area (Å²) in [5.41, 5.74) is -1.33. The lowest BCUT2D eigenvalue weighted by Gasteiger charge is -2.11. The van der Waals surface area contributed by atoms with Crippen LogP contribution >= 0.6 is 0 Å². The molecular weight excluding hydrogens is 292 g/mol. The van der Waals surface area contributed by atoms with Gasteiger partial charge in [0.05, 0.1) is 11.8 Å². The molecule has 1 heterocycles. The van der Waals surface area contributed by atoms with E-state index in [9.17, 15) is 22.4 Å². The minimum absolute atomic E-state index is 0.0652. The van der Waals surface area contributed by atoms with E-state index in [1.54, 1.807) is 0 Å². The molecule has 0 aliphatic heterocycles. The van der Waals surface area contributed by atoms with E-state index >= 15 is 0 Å². The quantitative estimate of drug-likeness (QED) is 0.885. The minimum Gasteiger partial charge on any atom is -0.480 e. The van der Waals surface area contributed by atoms with E-state index < -0.39 is 29.6 Å². The van der Waals surface area contributed by atoms with Crippen molar-refractivity contribution in [2.45, 2.75) is 19.1 Å². The number of hydrogen-bond acceptors (Lipinski definition) is 2. The monoisotopic (exact) mass is 302 g/mol. The van der Waals surface area contributed by atoms with E-state index in [0.717, 1.165) is 23.0 Å². The van der Waals surface area contributed by atoms with Crippen molar-refractivity contribution in [1.29, 1.82) is 0 Å². The number of aliphatic carboxylic acids is 1. The fourth-order valence-electron chi connectivity index (χ4n) is 1.80. The lowest BCUT2D eigenvalue weighted by molar-refractivity contribution is -0.140. The van der Waals surface area contributed by atoms with Crippen molar-refractivity contribution in [3.63, 3.8) is 0 Å². The summed E-state index contributed by atoms with van der Waals surface area (Å²) in [6.45, 7) is 1.34. The number of aromatic nitrogens is 2. The standard InChI is InChI=1S/C13H10F4N2O2/c1-7(12(20)21)19-6-8(5-18-19)10-3-2-9(14)4-11(10)13(15,16)17/h2-7H,1H3,(H,20,21)/t7-/m0/s1. The van der Waals surface area contributed by atoms with Gasteiger partial charge in [0.1, 0.15) is 11.9 Å². The number of rotatable bonds is 3. The predicted molar refractivity (Wildman–Crippen MR) is 65.0 cm³/mol. The molecule has 1 N–H and O–H groups in total. The second-order valence-electron chi connectivity index (χ2n) is 4.41. The van der Waals surface area contributed by atoms with Crippen LogP contribution in [0.25, 0.3) is 11.1 Å². The summed E-state index contributed by atoms with van der Waals surface area (Å²) < 4.78 is 52.8. The van der Waals surface area contributed by atoms with Gasteiger partial charge in [-0.05, 0) is 24.6 Å². The summed E-state index contributed by atoms with van der Waals surface area (Å²) in [7, 11) is 0. The minimum atomic E-state index is -4.72. The molecule has 1 atom stereocenters. The maximum absolute atomic E-state index is 13.0. The molecule has 0 aliphatic rings. The molecule has 112 valence electrons. The number of carboxylic acid groups (broad SMARTS) is 1. The fraction of sp³-hybridized carbons (Fsp3) is 0.231. The molecule has 2 aromatic rings. The third-order valence-corrected chi connectivity index (χ3v) is 2.95. The molecule has 0 saturated heterocycles. The second kappa shape index (κ2) is 5.19. The second-order valence-corrected chi connectivity index (χ2v) is 4.41. The average Bonchev–Trinajstić information content (AvgIpc) is 2.86. The van der Waals surface area contributed by atoms with Crippen LogP contribution in [-0.2, 0) is 11.0 Å². The highest BCUT2D eigenvalue weighted by Crippen LogP contribution is 2.37. The van der Waals surface area contributed by atoms with Gasteiger partial charge in [0, 0.05) is 11.8 Å². The molecule has 1 aromatic heterocycles. The van der Waals surface area contributed by atoms with Crippen LogP contribution in [0.15, 0.2) is 30.6 Å². The summed E-state index contributed by atoms with van der Waals surface area (Å²) >= 11 is 0. The lowest BCUT2D eigenvalue weighted by Crippen LogP contribution is -2.15. The summed E-state index contributed by atoms with van der Waals surface area (Å²) in [4.78, 5) is 10.8. The maximum Gasteiger partial charge on any atom is 0.417 e. The van der Waals surface area contributed by atoms with E-state index in [2.05, 4.69) is 5.10 Å². The topological polar surface area (TPSA) is 55.1 Å². The number of halogens is 4. The first-order valence-corrected chi connectivity index (χ1v) is 5.84. The van der Waals surface area contributed by atoms with E-state index in [4.69, 9.17) is 5.11 Å². The Bertz CT molecular complexity index is 679. The number of alkyl halides is 3. The Morgan fingerprint density at radius 3 is 2.62 bits per heavy atom. The Kier molecular flexibility index (Phi) is 3.71. The van der Waals surface area contributed by atoms with Crippen molar-refractivity contribution in [3.8, 4) is 11.1 Å². The molecule has 0 radical (unpaired) electrons. The van der Waals surface area contributed by atoms with Crippen molar-refractivity contribution in [2.75, 3.05) is 0 Å². The highest BCUT2D eigenvalue weighted by atomic mass is 19.4. The highest BCUT2D eigenvalue weighted by molar-refractivity contribution is 5.72. The third kappa shape index (κ3) is 3.04. The van der Waals surface area contributed by atoms with Crippen LogP contribution in [0.5, 0.6) is 0 Å². The lowest BCUT2D eigenvalue weighted by atomic mass is 10.0. The summed E-state index contributed by atoms with van der Waals surface area (Å²) in [6.07, 6.45) is -2.43. The van der Waals surface area contributed by atoms with Crippen molar-refractivity contribution in [3.05, 3.63) is 42.0 Å². The zero-order chi connectivity index (χ0) is 15.8. The van der Waals surface area contributed by atoms with Gasteiger partial charge in [-0.1, -0.05) is 6.07 Å². The Hall–Kier alpha value is -2.38. The molecule has 2 rings (SSSR count). The number of hydrogen-bond donors (Lipinski definition) is 1. The zero-order valence-electron chi connectivity index (χ0n) is 10.7. The van der Waals surface area contributed by atoms with E-state index in [1.165, 1.54) is 13.1 Å². The molecule has 0 aliphatic carbocycles. The molecule has 0 spiro atoms. The molecule has 0 unspecified atom stereocenters. The third-order valence-electron chi connectivity index (χ3n) is 2.95. The molecule has 0 bridgehead atoms. The number of nitrogens with zero attached hydrogens (tertiary/aromatic N) is 2. The van der Waals surface area contributed by atoms with Gasteiger partial charge in [-0.2, -0.15) is 18.3 Å². The van der Waals surface area contributed by atoms with E-state index in [0.29, 0.717) is 6.07 Å². The van der Waals surface area contributed by atoms with Gasteiger partial charge < -0.3 is 5.11 Å². The van der Waals surface area contributed by atoms with E-state index in [1.807, 2.05) is 0 Å². The molecule has 0 amide bonds. The highest BCUT2D eigenvalue weighted by Gasteiger charge is 2.34. The maximum atomic E-state index is 13.0. The van der Waals surface area contributed by atoms with E-state index in [-0.39, 0.29) is 11.1 Å². The van der Waals surface area contributed by atoms with Crippen LogP contribution in [0.3, 0.4) is 0 Å². The smallest absolute Gasteiger partial charge is 0.417 e. The molecule has 21 heavy (non-hydrogen) atoms. The number of carbonyl (C=O) groups is 1. The molecule has 1 aromatic carbocycles. The van der Waals surface area contributed by atoms with Gasteiger partial charge in [-0.15, -0.1) is 0 Å². The van der Waals surface area contributed by atoms with Gasteiger partial charge in [-0.3, -0.25) is 4.68 Å². The number of carboxylic acids is 1. The van der Waals surface area contributed by atoms with Crippen LogP contribution < -0.4 is 0 Å². The first kappa shape index (κ1) is 15.0. The van der Waals surface area contributed by atoms with Crippen LogP contribution in [0.1, 0.15) is 18.5 Å². The SMILES string of the molecule is C[C@@H](C(=O)O)n1cc(-c2ccc(F)cc2C(F)(F)F)cn1. The van der Waals surface area contributed by atoms with Crippen LogP contribution in [0.4, 0.5) is 17.6 Å². The Morgan fingerprint density at radius 2 is 2.05 bits per heavy atom. The van der Waals surface area contributed by atoms with Crippen LogP contribution in [0.2, 0.25) is 0 Å². The van der Waals surface area contributed by atoms with Gasteiger partial charge in [0.15, 0.2) is 0 Å². The summed E-state index contributed by atoms with van der Waals surface area (Å²) in [6, 6.07) is 1.27. The Balaban J connectivity index is 2.50. The van der Waals surface area contributed by atoms with Crippen molar-refractivity contribution >= 4 is 5.97 Å². The predicted octanol–water partition coefficient (Wildman–Crippen LogP) is 3.35. The van der Waals surface area contributed by atoms with Crippen molar-refractivity contribution < 1.29 is 27.5 Å². The largest absolute Gasteiger partial charge is 0.480 e. The van der Waals surface area contributed by atoms with Gasteiger partial charge in [0.25, 0.3) is 0 Å². The van der Waals surface area contributed by atoms with Gasteiger partial charge in [-0.25, -0.2) is 9.18 Å². The normalized spacial score (nSPS) is 13.2. The van der Waals surface area contributed by atoms with Crippen molar-refractivity contribution in [1.82, 2.24) is 9.78 Å². The molecule has 0 fully saturated rings. The first-order valence-electron chi connectivity index (χ1n) is 5.84. The van der Waals surface area contributed by atoms with Crippen molar-refractivity contribution in [2.24, 2.45) is 0 Å². The van der Waals surface area contributed by atoms with Crippen LogP contribution in [-0.4, -0.2) is 20.9 Å². The number of benzene rings is 1. The summed E-state index contributed by atoms with van der Waals surface area (Å²) in [5.74, 6) is -2.17. The summed E-state index contributed by atoms with van der Waals surface area (Å²) in [5, 5.41) is 12.6. The molecular formula is C13H10F4N2O2. The Morgan fingerprint density at radius 1 is 1.38 bits per heavy atom. The average molecular weight is 302 g/mol. The Labute approximate surface area is 116 Å². The zero-order valence-corrected chi connectivity index (χ0v) is 10.7. The molecule has 4 nitrogen and oxygen atoms in total. The molecule has 8 heteroatoms. The van der Waals surface area contributed by atoms with Gasteiger partial charge in [0.2, 0.25) is 0 Å². The molecule has 0 saturated carbocycles. The van der Waals surface area contributed by atoms with Gasteiger partial charge >= 0.3 is 12.1 Å². The van der Waals surface area contributed by atoms with Crippen LogP contribution in [0, 0.1) is 5.82 Å².